The van der Waals surface area contributed by atoms with Crippen LogP contribution in [-0.2, 0) is 0 Å². The minimum Gasteiger partial charge on any atom is -0.497 e. The van der Waals surface area contributed by atoms with E-state index in [1.807, 2.05) is 24.3 Å². The number of nitrogens with one attached hydrogen (secondary N) is 1. The number of ether oxygens (including phenoxy) is 2. The average Bonchev–Trinajstić information content (AvgIpc) is 3.09. The van der Waals surface area contributed by atoms with Crippen molar-refractivity contribution in [3.63, 3.8) is 0 Å². The Labute approximate surface area is 137 Å². The van der Waals surface area contributed by atoms with E-state index in [1.54, 1.807) is 43.0 Å². The maximum atomic E-state index is 12.1. The molecule has 1 aromatic heterocycles. The molecule has 6 heteroatoms. The molecule has 2 aromatic carbocycles. The Morgan fingerprint density at radius 2 is 1.61 bits per heavy atom. The van der Waals surface area contributed by atoms with E-state index in [9.17, 15) is 4.79 Å². The lowest BCUT2D eigenvalue weighted by molar-refractivity contribution is 0.102. The molecule has 0 saturated heterocycles. The summed E-state index contributed by atoms with van der Waals surface area (Å²) in [6.07, 6.45) is 1.64. The second-order valence-corrected chi connectivity index (χ2v) is 5.49. The number of thiazole rings is 1. The standard InChI is InChI=1S/C17H14N2O3S/c1-21-13-6-8-15(9-7-13)22-14-4-2-12(3-5-14)16(20)19-17-18-10-11-23-17/h2-11H,1H3,(H,18,19,20). The molecule has 1 N–H and O–H groups in total. The normalized spacial score (nSPS) is 10.1. The Morgan fingerprint density at radius 1 is 1.00 bits per heavy atom. The summed E-state index contributed by atoms with van der Waals surface area (Å²) in [5.41, 5.74) is 0.544. The van der Waals surface area contributed by atoms with Crippen molar-refractivity contribution in [2.24, 2.45) is 0 Å². The lowest BCUT2D eigenvalue weighted by Gasteiger charge is -2.07. The van der Waals surface area contributed by atoms with Gasteiger partial charge in [0.2, 0.25) is 0 Å². The first-order chi connectivity index (χ1) is 11.2. The second kappa shape index (κ2) is 6.93. The van der Waals surface area contributed by atoms with Gasteiger partial charge in [-0.15, -0.1) is 11.3 Å². The highest BCUT2D eigenvalue weighted by Gasteiger charge is 2.07. The quantitative estimate of drug-likeness (QED) is 0.763. The fourth-order valence-corrected chi connectivity index (χ4v) is 2.43. The number of carbonyl (C=O) groups excluding carboxylic acids is 1. The molecule has 0 aliphatic heterocycles. The molecule has 0 atom stereocenters. The van der Waals surface area contributed by atoms with Gasteiger partial charge in [-0.25, -0.2) is 4.98 Å². The molecule has 1 amide bonds. The zero-order valence-electron chi connectivity index (χ0n) is 12.4. The van der Waals surface area contributed by atoms with Crippen molar-refractivity contribution in [1.29, 1.82) is 0 Å². The number of rotatable bonds is 5. The molecule has 0 bridgehead atoms. The van der Waals surface area contributed by atoms with E-state index in [-0.39, 0.29) is 5.91 Å². The van der Waals surface area contributed by atoms with E-state index in [2.05, 4.69) is 10.3 Å². The Hall–Kier alpha value is -2.86. The molecular weight excluding hydrogens is 312 g/mol. The molecule has 0 spiro atoms. The summed E-state index contributed by atoms with van der Waals surface area (Å²) in [5, 5.41) is 5.12. The summed E-state index contributed by atoms with van der Waals surface area (Å²) in [4.78, 5) is 16.1. The Kier molecular flexibility index (Phi) is 4.54. The smallest absolute Gasteiger partial charge is 0.257 e. The first-order valence-corrected chi connectivity index (χ1v) is 7.75. The molecule has 0 fully saturated rings. The molecule has 3 aromatic rings. The van der Waals surface area contributed by atoms with Crippen molar-refractivity contribution in [2.75, 3.05) is 12.4 Å². The van der Waals surface area contributed by atoms with Crippen LogP contribution in [0.25, 0.3) is 0 Å². The summed E-state index contributed by atoms with van der Waals surface area (Å²) in [7, 11) is 1.62. The average molecular weight is 326 g/mol. The number of carbonyl (C=O) groups is 1. The monoisotopic (exact) mass is 326 g/mol. The van der Waals surface area contributed by atoms with Crippen LogP contribution in [0.3, 0.4) is 0 Å². The van der Waals surface area contributed by atoms with Crippen molar-refractivity contribution in [3.05, 3.63) is 65.7 Å². The minimum atomic E-state index is -0.198. The van der Waals surface area contributed by atoms with E-state index >= 15 is 0 Å². The number of anilines is 1. The highest BCUT2D eigenvalue weighted by atomic mass is 32.1. The highest BCUT2D eigenvalue weighted by Crippen LogP contribution is 2.24. The molecule has 0 saturated carbocycles. The van der Waals surface area contributed by atoms with Gasteiger partial charge in [0.1, 0.15) is 17.2 Å². The van der Waals surface area contributed by atoms with Gasteiger partial charge in [0.15, 0.2) is 5.13 Å². The van der Waals surface area contributed by atoms with Gasteiger partial charge >= 0.3 is 0 Å². The third-order valence-corrected chi connectivity index (χ3v) is 3.75. The number of hydrogen-bond donors (Lipinski definition) is 1. The van der Waals surface area contributed by atoms with Gasteiger partial charge in [0.25, 0.3) is 5.91 Å². The zero-order chi connectivity index (χ0) is 16.1. The molecular formula is C17H14N2O3S. The van der Waals surface area contributed by atoms with Crippen LogP contribution in [-0.4, -0.2) is 18.0 Å². The lowest BCUT2D eigenvalue weighted by Crippen LogP contribution is -2.11. The summed E-state index contributed by atoms with van der Waals surface area (Å²) < 4.78 is 10.8. The second-order valence-electron chi connectivity index (χ2n) is 4.59. The minimum absolute atomic E-state index is 0.198. The number of amides is 1. The molecule has 0 aliphatic carbocycles. The van der Waals surface area contributed by atoms with Crippen molar-refractivity contribution < 1.29 is 14.3 Å². The Balaban J connectivity index is 1.65. The molecule has 3 rings (SSSR count). The summed E-state index contributed by atoms with van der Waals surface area (Å²) in [5.74, 6) is 1.93. The molecule has 5 nitrogen and oxygen atoms in total. The molecule has 0 aliphatic rings. The number of benzene rings is 2. The number of hydrogen-bond acceptors (Lipinski definition) is 5. The largest absolute Gasteiger partial charge is 0.497 e. The van der Waals surface area contributed by atoms with E-state index in [0.717, 1.165) is 5.75 Å². The van der Waals surface area contributed by atoms with Crippen molar-refractivity contribution in [3.8, 4) is 17.2 Å². The third kappa shape index (κ3) is 3.87. The van der Waals surface area contributed by atoms with Gasteiger partial charge in [-0.1, -0.05) is 0 Å². The van der Waals surface area contributed by atoms with Crippen molar-refractivity contribution >= 4 is 22.4 Å². The lowest BCUT2D eigenvalue weighted by atomic mass is 10.2. The highest BCUT2D eigenvalue weighted by molar-refractivity contribution is 7.13. The van der Waals surface area contributed by atoms with Crippen molar-refractivity contribution in [2.45, 2.75) is 0 Å². The summed E-state index contributed by atoms with van der Waals surface area (Å²) in [6, 6.07) is 14.2. The van der Waals surface area contributed by atoms with E-state index in [0.29, 0.717) is 22.2 Å². The number of methoxy groups -OCH3 is 1. The third-order valence-electron chi connectivity index (χ3n) is 3.06. The van der Waals surface area contributed by atoms with Crippen LogP contribution in [0.1, 0.15) is 10.4 Å². The van der Waals surface area contributed by atoms with Crippen molar-refractivity contribution in [1.82, 2.24) is 4.98 Å². The van der Waals surface area contributed by atoms with Crippen LogP contribution in [0.2, 0.25) is 0 Å². The van der Waals surface area contributed by atoms with Gasteiger partial charge in [-0.2, -0.15) is 0 Å². The fraction of sp³-hybridized carbons (Fsp3) is 0.0588. The molecule has 1 heterocycles. The summed E-state index contributed by atoms with van der Waals surface area (Å²) in [6.45, 7) is 0. The predicted molar refractivity (Wildman–Crippen MR) is 89.6 cm³/mol. The van der Waals surface area contributed by atoms with E-state index in [1.165, 1.54) is 11.3 Å². The molecule has 0 unspecified atom stereocenters. The Bertz CT molecular complexity index is 769. The number of nitrogens with zero attached hydrogens (tertiary/aromatic N) is 1. The van der Waals surface area contributed by atoms with Crippen LogP contribution in [0.5, 0.6) is 17.2 Å². The maximum Gasteiger partial charge on any atom is 0.257 e. The Morgan fingerprint density at radius 3 is 2.17 bits per heavy atom. The topological polar surface area (TPSA) is 60.5 Å². The maximum absolute atomic E-state index is 12.1. The van der Waals surface area contributed by atoms with Gasteiger partial charge < -0.3 is 9.47 Å². The first-order valence-electron chi connectivity index (χ1n) is 6.87. The fourth-order valence-electron chi connectivity index (χ4n) is 1.91. The van der Waals surface area contributed by atoms with Gasteiger partial charge in [-0.05, 0) is 48.5 Å². The van der Waals surface area contributed by atoms with E-state index < -0.39 is 0 Å². The van der Waals surface area contributed by atoms with E-state index in [4.69, 9.17) is 9.47 Å². The van der Waals surface area contributed by atoms with Gasteiger partial charge in [0.05, 0.1) is 7.11 Å². The van der Waals surface area contributed by atoms with Crippen LogP contribution in [0.4, 0.5) is 5.13 Å². The van der Waals surface area contributed by atoms with Gasteiger partial charge in [0, 0.05) is 17.1 Å². The SMILES string of the molecule is COc1ccc(Oc2ccc(C(=O)Nc3nccs3)cc2)cc1. The van der Waals surface area contributed by atoms with Crippen LogP contribution < -0.4 is 14.8 Å². The van der Waals surface area contributed by atoms with Gasteiger partial charge in [-0.3, -0.25) is 10.1 Å². The zero-order valence-corrected chi connectivity index (χ0v) is 13.2. The van der Waals surface area contributed by atoms with Crippen LogP contribution >= 0.6 is 11.3 Å². The molecule has 0 radical (unpaired) electrons. The molecule has 23 heavy (non-hydrogen) atoms. The predicted octanol–water partition coefficient (Wildman–Crippen LogP) is 4.20. The number of aromatic nitrogens is 1. The van der Waals surface area contributed by atoms with Crippen LogP contribution in [0, 0.1) is 0 Å². The first kappa shape index (κ1) is 15.1. The molecule has 116 valence electrons. The van der Waals surface area contributed by atoms with Crippen LogP contribution in [0.15, 0.2) is 60.1 Å². The summed E-state index contributed by atoms with van der Waals surface area (Å²) >= 11 is 1.38.